The van der Waals surface area contributed by atoms with Crippen molar-refractivity contribution < 1.29 is 9.59 Å². The molecule has 0 spiro atoms. The maximum Gasteiger partial charge on any atom is 0.248 e. The normalized spacial score (nSPS) is 18.9. The van der Waals surface area contributed by atoms with Gasteiger partial charge in [0.25, 0.3) is 0 Å². The number of pyridine rings is 1. The lowest BCUT2D eigenvalue weighted by molar-refractivity contribution is -0.119. The van der Waals surface area contributed by atoms with Gasteiger partial charge in [-0.25, -0.2) is 0 Å². The molecule has 4 rings (SSSR count). The first-order chi connectivity index (χ1) is 12.1. The first kappa shape index (κ1) is 15.5. The highest BCUT2D eigenvalue weighted by Crippen LogP contribution is 2.48. The second-order valence-electron chi connectivity index (χ2n) is 6.64. The van der Waals surface area contributed by atoms with Crippen LogP contribution in [0.4, 0.5) is 0 Å². The average molecular weight is 330 g/mol. The molecule has 1 fully saturated rings. The van der Waals surface area contributed by atoms with Crippen LogP contribution in [0.3, 0.4) is 0 Å². The molecule has 2 atom stereocenters. The first-order valence-corrected chi connectivity index (χ1v) is 8.37. The SMILES string of the molecule is NC(=O)c1ccc([C@@H]2C[C@H]2C(=O)Cc2ccc3cnccc3c2)cc1. The van der Waals surface area contributed by atoms with Gasteiger partial charge in [0, 0.05) is 35.7 Å². The lowest BCUT2D eigenvalue weighted by Gasteiger charge is -2.04. The monoisotopic (exact) mass is 330 g/mol. The van der Waals surface area contributed by atoms with Crippen LogP contribution in [-0.2, 0) is 11.2 Å². The molecule has 4 heteroatoms. The van der Waals surface area contributed by atoms with E-state index in [1.54, 1.807) is 18.3 Å². The largest absolute Gasteiger partial charge is 0.366 e. The minimum atomic E-state index is -0.429. The standard InChI is InChI=1S/C21H18N2O2/c22-21(25)15-5-3-14(4-6-15)18-11-19(18)20(24)10-13-1-2-17-12-23-8-7-16(17)9-13/h1-9,12,18-19H,10-11H2,(H2,22,25)/t18-,19+/m0/s1. The summed E-state index contributed by atoms with van der Waals surface area (Å²) in [6, 6.07) is 15.3. The molecule has 1 aromatic heterocycles. The molecular weight excluding hydrogens is 312 g/mol. The zero-order chi connectivity index (χ0) is 17.4. The van der Waals surface area contributed by atoms with Crippen LogP contribution in [0.1, 0.15) is 33.8 Å². The molecule has 0 aliphatic heterocycles. The molecule has 0 unspecified atom stereocenters. The molecular formula is C21H18N2O2. The number of hydrogen-bond donors (Lipinski definition) is 1. The van der Waals surface area contributed by atoms with Gasteiger partial charge in [0.2, 0.25) is 5.91 Å². The number of rotatable bonds is 5. The fraction of sp³-hybridized carbons (Fsp3) is 0.190. The smallest absolute Gasteiger partial charge is 0.248 e. The van der Waals surface area contributed by atoms with E-state index in [-0.39, 0.29) is 17.6 Å². The van der Waals surface area contributed by atoms with Gasteiger partial charge >= 0.3 is 0 Å². The molecule has 0 bridgehead atoms. The fourth-order valence-corrected chi connectivity index (χ4v) is 3.39. The number of benzene rings is 2. The third-order valence-electron chi connectivity index (χ3n) is 4.91. The topological polar surface area (TPSA) is 73.1 Å². The van der Waals surface area contributed by atoms with Crippen LogP contribution < -0.4 is 5.73 Å². The number of nitrogens with two attached hydrogens (primary N) is 1. The highest BCUT2D eigenvalue weighted by molar-refractivity contribution is 5.93. The van der Waals surface area contributed by atoms with Crippen LogP contribution in [0.15, 0.2) is 60.9 Å². The Morgan fingerprint density at radius 3 is 2.60 bits per heavy atom. The van der Waals surface area contributed by atoms with Crippen molar-refractivity contribution in [2.24, 2.45) is 11.7 Å². The van der Waals surface area contributed by atoms with Gasteiger partial charge in [0.1, 0.15) is 5.78 Å². The number of carbonyl (C=O) groups is 2. The molecule has 3 aromatic rings. The Kier molecular flexibility index (Phi) is 3.80. The quantitative estimate of drug-likeness (QED) is 0.780. The predicted molar refractivity (Wildman–Crippen MR) is 96.3 cm³/mol. The summed E-state index contributed by atoms with van der Waals surface area (Å²) in [7, 11) is 0. The lowest BCUT2D eigenvalue weighted by Crippen LogP contribution is -2.10. The number of fused-ring (bicyclic) bond motifs is 1. The Morgan fingerprint density at radius 2 is 1.84 bits per heavy atom. The second-order valence-corrected chi connectivity index (χ2v) is 6.64. The van der Waals surface area contributed by atoms with Crippen LogP contribution in [-0.4, -0.2) is 16.7 Å². The van der Waals surface area contributed by atoms with Crippen molar-refractivity contribution in [3.8, 4) is 0 Å². The van der Waals surface area contributed by atoms with Crippen LogP contribution in [0, 0.1) is 5.92 Å². The zero-order valence-corrected chi connectivity index (χ0v) is 13.7. The zero-order valence-electron chi connectivity index (χ0n) is 13.7. The van der Waals surface area contributed by atoms with Crippen molar-refractivity contribution in [2.45, 2.75) is 18.8 Å². The molecule has 0 radical (unpaired) electrons. The van der Waals surface area contributed by atoms with Crippen LogP contribution in [0.2, 0.25) is 0 Å². The van der Waals surface area contributed by atoms with E-state index < -0.39 is 5.91 Å². The van der Waals surface area contributed by atoms with E-state index in [4.69, 9.17) is 5.73 Å². The van der Waals surface area contributed by atoms with E-state index in [2.05, 4.69) is 11.1 Å². The van der Waals surface area contributed by atoms with Gasteiger partial charge in [-0.3, -0.25) is 14.6 Å². The summed E-state index contributed by atoms with van der Waals surface area (Å²) >= 11 is 0. The number of carbonyl (C=O) groups excluding carboxylic acids is 2. The molecule has 1 aliphatic carbocycles. The number of hydrogen-bond acceptors (Lipinski definition) is 3. The molecule has 2 N–H and O–H groups in total. The molecule has 2 aromatic carbocycles. The summed E-state index contributed by atoms with van der Waals surface area (Å²) in [6.07, 6.45) is 4.93. The molecule has 1 amide bonds. The van der Waals surface area contributed by atoms with Crippen molar-refractivity contribution in [2.75, 3.05) is 0 Å². The number of nitrogens with zero attached hydrogens (tertiary/aromatic N) is 1. The van der Waals surface area contributed by atoms with E-state index in [9.17, 15) is 9.59 Å². The third kappa shape index (κ3) is 3.15. The maximum absolute atomic E-state index is 12.6. The molecule has 1 heterocycles. The lowest BCUT2D eigenvalue weighted by atomic mass is 10.0. The van der Waals surface area contributed by atoms with Gasteiger partial charge in [0.15, 0.2) is 0 Å². The second kappa shape index (κ2) is 6.13. The number of primary amides is 1. The first-order valence-electron chi connectivity index (χ1n) is 8.37. The Hall–Kier alpha value is -3.01. The Balaban J connectivity index is 1.44. The summed E-state index contributed by atoms with van der Waals surface area (Å²) in [4.78, 5) is 27.8. The summed E-state index contributed by atoms with van der Waals surface area (Å²) < 4.78 is 0. The highest BCUT2D eigenvalue weighted by atomic mass is 16.1. The summed E-state index contributed by atoms with van der Waals surface area (Å²) in [5.41, 5.74) is 7.90. The molecule has 1 aliphatic rings. The number of aromatic nitrogens is 1. The molecule has 124 valence electrons. The number of Topliss-reactive ketones (excluding diaryl/α,β-unsaturated/α-hetero) is 1. The van der Waals surface area contributed by atoms with Gasteiger partial charge in [-0.2, -0.15) is 0 Å². The van der Waals surface area contributed by atoms with Crippen molar-refractivity contribution in [1.82, 2.24) is 4.98 Å². The fourth-order valence-electron chi connectivity index (χ4n) is 3.39. The van der Waals surface area contributed by atoms with Crippen LogP contribution >= 0.6 is 0 Å². The Morgan fingerprint density at radius 1 is 1.04 bits per heavy atom. The van der Waals surface area contributed by atoms with Crippen molar-refractivity contribution in [1.29, 1.82) is 0 Å². The van der Waals surface area contributed by atoms with Crippen molar-refractivity contribution in [3.05, 3.63) is 77.6 Å². The van der Waals surface area contributed by atoms with Crippen molar-refractivity contribution >= 4 is 22.5 Å². The average Bonchev–Trinajstić information content (AvgIpc) is 3.42. The minimum absolute atomic E-state index is 0.0764. The van der Waals surface area contributed by atoms with E-state index in [0.717, 1.165) is 28.3 Å². The predicted octanol–water partition coefficient (Wildman–Crippen LogP) is 3.25. The van der Waals surface area contributed by atoms with E-state index in [1.807, 2.05) is 36.5 Å². The molecule has 0 saturated heterocycles. The van der Waals surface area contributed by atoms with Crippen LogP contribution in [0.5, 0.6) is 0 Å². The van der Waals surface area contributed by atoms with Gasteiger partial charge in [-0.15, -0.1) is 0 Å². The summed E-state index contributed by atoms with van der Waals surface area (Å²) in [5.74, 6) is 0.186. The van der Waals surface area contributed by atoms with Crippen molar-refractivity contribution in [3.63, 3.8) is 0 Å². The highest BCUT2D eigenvalue weighted by Gasteiger charge is 2.43. The number of amides is 1. The van der Waals surface area contributed by atoms with Gasteiger partial charge in [-0.1, -0.05) is 30.3 Å². The van der Waals surface area contributed by atoms with E-state index in [1.165, 1.54) is 0 Å². The van der Waals surface area contributed by atoms with Gasteiger partial charge in [0.05, 0.1) is 0 Å². The van der Waals surface area contributed by atoms with E-state index >= 15 is 0 Å². The molecule has 1 saturated carbocycles. The van der Waals surface area contributed by atoms with E-state index in [0.29, 0.717) is 12.0 Å². The maximum atomic E-state index is 12.6. The number of ketones is 1. The van der Waals surface area contributed by atoms with Gasteiger partial charge in [-0.05, 0) is 47.1 Å². The minimum Gasteiger partial charge on any atom is -0.366 e. The Labute approximate surface area is 145 Å². The summed E-state index contributed by atoms with van der Waals surface area (Å²) in [6.45, 7) is 0. The van der Waals surface area contributed by atoms with Gasteiger partial charge < -0.3 is 5.73 Å². The molecule has 4 nitrogen and oxygen atoms in total. The molecule has 25 heavy (non-hydrogen) atoms. The Bertz CT molecular complexity index is 963. The summed E-state index contributed by atoms with van der Waals surface area (Å²) in [5, 5.41) is 2.19. The third-order valence-corrected chi connectivity index (χ3v) is 4.91. The van der Waals surface area contributed by atoms with Crippen LogP contribution in [0.25, 0.3) is 10.8 Å².